The minimum atomic E-state index is -2.95. The first kappa shape index (κ1) is 17.8. The number of alkyl halides is 2. The largest absolute Gasteiger partial charge is 0.431 e. The zero-order valence-electron chi connectivity index (χ0n) is 15.9. The van der Waals surface area contributed by atoms with Crippen LogP contribution in [0.25, 0.3) is 11.3 Å². The fourth-order valence-electron chi connectivity index (χ4n) is 5.09. The second kappa shape index (κ2) is 6.14. The molecule has 4 atom stereocenters. The van der Waals surface area contributed by atoms with Crippen molar-refractivity contribution in [2.24, 2.45) is 11.8 Å². The molecule has 1 saturated heterocycles. The molecule has 1 aliphatic heterocycles. The zero-order valence-corrected chi connectivity index (χ0v) is 15.9. The predicted octanol–water partition coefficient (Wildman–Crippen LogP) is 3.99. The zero-order chi connectivity index (χ0) is 19.6. The van der Waals surface area contributed by atoms with Gasteiger partial charge in [-0.15, -0.1) is 0 Å². The monoisotopic (exact) mass is 390 g/mol. The molecule has 3 fully saturated rings. The third kappa shape index (κ3) is 2.77. The van der Waals surface area contributed by atoms with Gasteiger partial charge in [0.25, 0.3) is 0 Å². The first-order chi connectivity index (χ1) is 13.4. The normalized spacial score (nSPS) is 30.7. The number of rotatable bonds is 5. The maximum atomic E-state index is 12.6. The average Bonchev–Trinajstić information content (AvgIpc) is 2.99. The van der Waals surface area contributed by atoms with Crippen molar-refractivity contribution >= 4 is 5.82 Å². The van der Waals surface area contributed by atoms with Gasteiger partial charge in [0.15, 0.2) is 11.6 Å². The highest BCUT2D eigenvalue weighted by molar-refractivity contribution is 5.64. The molecule has 0 amide bonds. The highest BCUT2D eigenvalue weighted by Crippen LogP contribution is 2.68. The molecule has 0 radical (unpaired) electrons. The number of nitrogens with two attached hydrogens (primary N) is 1. The summed E-state index contributed by atoms with van der Waals surface area (Å²) in [4.78, 5) is 4.00. The highest BCUT2D eigenvalue weighted by atomic mass is 19.3. The number of aromatic nitrogens is 3. The molecule has 3 aliphatic rings. The first-order valence-electron chi connectivity index (χ1n) is 9.81. The SMILES string of the molecule is CC(C)n1nc(-c2cnc(N)c(OC(F)F)c2)cc1C1[C@H]2CC3(CCO3)C[C@@H]12. The average molecular weight is 390 g/mol. The summed E-state index contributed by atoms with van der Waals surface area (Å²) in [7, 11) is 0. The Hall–Kier alpha value is -2.22. The Bertz CT molecular complexity index is 896. The summed E-state index contributed by atoms with van der Waals surface area (Å²) in [6.45, 7) is 2.14. The smallest absolute Gasteiger partial charge is 0.387 e. The summed E-state index contributed by atoms with van der Waals surface area (Å²) in [6.07, 6.45) is 5.01. The van der Waals surface area contributed by atoms with Gasteiger partial charge in [-0.25, -0.2) is 4.98 Å². The van der Waals surface area contributed by atoms with Crippen LogP contribution in [0.5, 0.6) is 5.75 Å². The summed E-state index contributed by atoms with van der Waals surface area (Å²) in [6, 6.07) is 3.75. The van der Waals surface area contributed by atoms with Gasteiger partial charge in [-0.2, -0.15) is 13.9 Å². The topological polar surface area (TPSA) is 75.2 Å². The molecule has 150 valence electrons. The van der Waals surface area contributed by atoms with Crippen molar-refractivity contribution in [1.82, 2.24) is 14.8 Å². The second-order valence-corrected chi connectivity index (χ2v) is 8.52. The maximum absolute atomic E-state index is 12.6. The van der Waals surface area contributed by atoms with Crippen LogP contribution in [0.2, 0.25) is 0 Å². The van der Waals surface area contributed by atoms with E-state index >= 15 is 0 Å². The van der Waals surface area contributed by atoms with Gasteiger partial charge in [0.1, 0.15) is 0 Å². The van der Waals surface area contributed by atoms with Crippen molar-refractivity contribution < 1.29 is 18.3 Å². The van der Waals surface area contributed by atoms with Gasteiger partial charge < -0.3 is 15.2 Å². The van der Waals surface area contributed by atoms with Crippen LogP contribution in [-0.2, 0) is 4.74 Å². The van der Waals surface area contributed by atoms with Crippen molar-refractivity contribution in [2.75, 3.05) is 12.3 Å². The van der Waals surface area contributed by atoms with Crippen LogP contribution in [0.3, 0.4) is 0 Å². The van der Waals surface area contributed by atoms with E-state index in [-0.39, 0.29) is 23.2 Å². The molecule has 3 heterocycles. The van der Waals surface area contributed by atoms with Crippen LogP contribution in [-0.4, -0.2) is 33.6 Å². The molecule has 8 heteroatoms. The van der Waals surface area contributed by atoms with Crippen molar-refractivity contribution in [1.29, 1.82) is 0 Å². The second-order valence-electron chi connectivity index (χ2n) is 8.52. The number of anilines is 1. The number of hydrogen-bond donors (Lipinski definition) is 1. The molecule has 2 aromatic rings. The van der Waals surface area contributed by atoms with Crippen molar-refractivity contribution in [3.8, 4) is 17.0 Å². The van der Waals surface area contributed by atoms with Gasteiger partial charge >= 0.3 is 6.61 Å². The standard InChI is InChI=1S/C20H24F2N4O2/c1-10(2)26-15(17-12-7-20(3-4-27-20)8-13(12)17)6-14(25-26)11-5-16(28-19(21)22)18(23)24-9-11/h5-6,9-10,12-13,17,19H,3-4,7-8H2,1-2H3,(H2,23,24)/t12-,13+,17?,20?. The van der Waals surface area contributed by atoms with E-state index in [0.717, 1.165) is 19.4 Å². The van der Waals surface area contributed by atoms with Gasteiger partial charge in [-0.3, -0.25) is 4.68 Å². The number of fused-ring (bicyclic) bond motifs is 1. The van der Waals surface area contributed by atoms with E-state index in [9.17, 15) is 8.78 Å². The number of pyridine rings is 1. The van der Waals surface area contributed by atoms with E-state index in [1.807, 2.05) is 0 Å². The minimum Gasteiger partial charge on any atom is -0.431 e. The Morgan fingerprint density at radius 3 is 2.57 bits per heavy atom. The Balaban J connectivity index is 1.44. The van der Waals surface area contributed by atoms with E-state index in [2.05, 4.69) is 34.3 Å². The molecule has 1 spiro atoms. The Labute approximate surface area is 162 Å². The lowest BCUT2D eigenvalue weighted by Crippen LogP contribution is -2.42. The van der Waals surface area contributed by atoms with Crippen LogP contribution in [0, 0.1) is 11.8 Å². The summed E-state index contributed by atoms with van der Waals surface area (Å²) in [5.41, 5.74) is 8.34. The van der Waals surface area contributed by atoms with Gasteiger partial charge in [-0.05, 0) is 57.1 Å². The number of nitrogen functional groups attached to an aromatic ring is 1. The van der Waals surface area contributed by atoms with Crippen molar-refractivity contribution in [3.05, 3.63) is 24.0 Å². The van der Waals surface area contributed by atoms with Crippen LogP contribution in [0.4, 0.5) is 14.6 Å². The minimum absolute atomic E-state index is 0.0601. The quantitative estimate of drug-likeness (QED) is 0.835. The molecular formula is C20H24F2N4O2. The summed E-state index contributed by atoms with van der Waals surface area (Å²) >= 11 is 0. The van der Waals surface area contributed by atoms with Crippen molar-refractivity contribution in [2.45, 2.75) is 57.3 Å². The van der Waals surface area contributed by atoms with E-state index in [4.69, 9.17) is 15.6 Å². The lowest BCUT2D eigenvalue weighted by molar-refractivity contribution is -0.149. The summed E-state index contributed by atoms with van der Waals surface area (Å²) < 4.78 is 37.6. The predicted molar refractivity (Wildman–Crippen MR) is 99.1 cm³/mol. The molecule has 28 heavy (non-hydrogen) atoms. The molecule has 2 aromatic heterocycles. The van der Waals surface area contributed by atoms with Gasteiger partial charge in [0.05, 0.1) is 17.9 Å². The Morgan fingerprint density at radius 2 is 2.00 bits per heavy atom. The molecular weight excluding hydrogens is 366 g/mol. The summed E-state index contributed by atoms with van der Waals surface area (Å²) in [5, 5.41) is 4.75. The number of halogens is 2. The number of hydrogen-bond acceptors (Lipinski definition) is 5. The van der Waals surface area contributed by atoms with Crippen LogP contribution in [0.1, 0.15) is 50.8 Å². The fraction of sp³-hybridized carbons (Fsp3) is 0.600. The fourth-order valence-corrected chi connectivity index (χ4v) is 5.09. The molecule has 0 aromatic carbocycles. The van der Waals surface area contributed by atoms with E-state index in [0.29, 0.717) is 29.0 Å². The van der Waals surface area contributed by atoms with Gasteiger partial charge in [0, 0.05) is 29.4 Å². The number of nitrogens with zero attached hydrogens (tertiary/aromatic N) is 3. The number of ether oxygens (including phenoxy) is 2. The maximum Gasteiger partial charge on any atom is 0.387 e. The van der Waals surface area contributed by atoms with Crippen LogP contribution in [0.15, 0.2) is 18.3 Å². The Kier molecular flexibility index (Phi) is 3.91. The Morgan fingerprint density at radius 1 is 1.29 bits per heavy atom. The summed E-state index contributed by atoms with van der Waals surface area (Å²) in [5.74, 6) is 1.63. The van der Waals surface area contributed by atoms with Crippen LogP contribution < -0.4 is 10.5 Å². The molecule has 2 aliphatic carbocycles. The van der Waals surface area contributed by atoms with Crippen molar-refractivity contribution in [3.63, 3.8) is 0 Å². The molecule has 2 saturated carbocycles. The third-order valence-electron chi connectivity index (χ3n) is 6.50. The molecule has 5 rings (SSSR count). The van der Waals surface area contributed by atoms with E-state index in [1.54, 1.807) is 6.20 Å². The van der Waals surface area contributed by atoms with Crippen LogP contribution >= 0.6 is 0 Å². The van der Waals surface area contributed by atoms with E-state index < -0.39 is 6.61 Å². The lowest BCUT2D eigenvalue weighted by atomic mass is 9.87. The first-order valence-corrected chi connectivity index (χ1v) is 9.81. The van der Waals surface area contributed by atoms with Gasteiger partial charge in [-0.1, -0.05) is 0 Å². The highest BCUT2D eigenvalue weighted by Gasteiger charge is 2.64. The molecule has 2 N–H and O–H groups in total. The van der Waals surface area contributed by atoms with E-state index in [1.165, 1.54) is 18.2 Å². The lowest BCUT2D eigenvalue weighted by Gasteiger charge is -2.40. The molecule has 6 nitrogen and oxygen atoms in total. The molecule has 2 unspecified atom stereocenters. The molecule has 0 bridgehead atoms. The third-order valence-corrected chi connectivity index (χ3v) is 6.50. The van der Waals surface area contributed by atoms with Gasteiger partial charge in [0.2, 0.25) is 0 Å².